The summed E-state index contributed by atoms with van der Waals surface area (Å²) >= 11 is 0. The molecule has 1 amide bonds. The van der Waals surface area contributed by atoms with E-state index in [1.165, 1.54) is 17.3 Å². The first-order valence-corrected chi connectivity index (χ1v) is 4.40. The molecule has 0 atom stereocenters. The van der Waals surface area contributed by atoms with Crippen LogP contribution in [0.5, 0.6) is 0 Å². The predicted molar refractivity (Wildman–Crippen MR) is 55.0 cm³/mol. The average Bonchev–Trinajstić information content (AvgIpc) is 2.50. The zero-order valence-corrected chi connectivity index (χ0v) is 7.93. The molecule has 2 heterocycles. The zero-order chi connectivity index (χ0) is 11.0. The number of rotatable bonds is 1. The fourth-order valence-corrected chi connectivity index (χ4v) is 1.49. The molecule has 1 aromatic rings. The Morgan fingerprint density at radius 2 is 2.00 bits per heavy atom. The smallest absolute Gasteiger partial charge is 0.235 e. The van der Waals surface area contributed by atoms with E-state index in [1.807, 2.05) is 0 Å². The van der Waals surface area contributed by atoms with Crippen LogP contribution in [0.25, 0.3) is 0 Å². The molecule has 1 aromatic heterocycles. The topological polar surface area (TPSA) is 102 Å². The molecule has 0 radical (unpaired) electrons. The molecule has 1 aliphatic rings. The van der Waals surface area contributed by atoms with Gasteiger partial charge in [-0.05, 0) is 0 Å². The molecule has 4 N–H and O–H groups in total. The van der Waals surface area contributed by atoms with Gasteiger partial charge in [0, 0.05) is 0 Å². The lowest BCUT2D eigenvalue weighted by Crippen LogP contribution is -2.26. The van der Waals surface area contributed by atoms with E-state index in [4.69, 9.17) is 11.5 Å². The summed E-state index contributed by atoms with van der Waals surface area (Å²) in [6.07, 6.45) is 2.76. The molecular weight excluding hydrogens is 196 g/mol. The van der Waals surface area contributed by atoms with Crippen LogP contribution in [0.2, 0.25) is 0 Å². The van der Waals surface area contributed by atoms with E-state index in [9.17, 15) is 9.59 Å². The minimum atomic E-state index is -0.265. The number of nitrogens with zero attached hydrogens (tertiary/aromatic N) is 2. The van der Waals surface area contributed by atoms with Gasteiger partial charge in [-0.2, -0.15) is 0 Å². The van der Waals surface area contributed by atoms with E-state index in [-0.39, 0.29) is 30.3 Å². The maximum absolute atomic E-state index is 11.4. The Labute approximate surface area is 85.9 Å². The number of aromatic nitrogens is 1. The fourth-order valence-electron chi connectivity index (χ4n) is 1.49. The molecule has 6 heteroatoms. The highest BCUT2D eigenvalue weighted by atomic mass is 16.2. The lowest BCUT2D eigenvalue weighted by atomic mass is 10.3. The van der Waals surface area contributed by atoms with Gasteiger partial charge in [-0.1, -0.05) is 0 Å². The van der Waals surface area contributed by atoms with E-state index in [0.29, 0.717) is 11.4 Å². The Morgan fingerprint density at radius 1 is 1.27 bits per heavy atom. The summed E-state index contributed by atoms with van der Waals surface area (Å²) in [6.45, 7) is 0.0498. The summed E-state index contributed by atoms with van der Waals surface area (Å²) in [5.74, 6) is -0.388. The van der Waals surface area contributed by atoms with Crippen molar-refractivity contribution in [2.24, 2.45) is 0 Å². The van der Waals surface area contributed by atoms with Crippen molar-refractivity contribution in [2.75, 3.05) is 22.9 Å². The van der Waals surface area contributed by atoms with Crippen molar-refractivity contribution < 1.29 is 9.59 Å². The lowest BCUT2D eigenvalue weighted by Gasteiger charge is -2.17. The van der Waals surface area contributed by atoms with E-state index in [1.54, 1.807) is 0 Å². The Balaban J connectivity index is 2.42. The van der Waals surface area contributed by atoms with Crippen molar-refractivity contribution in [2.45, 2.75) is 6.42 Å². The number of nitrogens with two attached hydrogens (primary N) is 2. The van der Waals surface area contributed by atoms with E-state index in [0.717, 1.165) is 0 Å². The summed E-state index contributed by atoms with van der Waals surface area (Å²) in [5, 5.41) is 0. The number of carbonyl (C=O) groups is 2. The van der Waals surface area contributed by atoms with Crippen LogP contribution in [-0.4, -0.2) is 23.2 Å². The fraction of sp³-hybridized carbons (Fsp3) is 0.222. The molecule has 15 heavy (non-hydrogen) atoms. The molecule has 0 saturated carbocycles. The minimum absolute atomic E-state index is 0.0498. The van der Waals surface area contributed by atoms with Gasteiger partial charge in [0.25, 0.3) is 0 Å². The second-order valence-corrected chi connectivity index (χ2v) is 3.36. The number of Topliss-reactive ketones (excluding diaryl/α,β-unsaturated/α-hetero) is 1. The van der Waals surface area contributed by atoms with Gasteiger partial charge in [-0.15, -0.1) is 0 Å². The standard InChI is InChI=1S/C9H10N4O2/c10-6-2-12-3-7(9(6)11)13-4-5(14)1-8(13)15/h2-3H,1,4,10H2,(H2,11,12). The van der Waals surface area contributed by atoms with E-state index >= 15 is 0 Å². The molecule has 0 aliphatic carbocycles. The maximum atomic E-state index is 11.4. The Hall–Kier alpha value is -2.11. The molecule has 0 unspecified atom stereocenters. The van der Waals surface area contributed by atoms with Crippen molar-refractivity contribution in [3.8, 4) is 0 Å². The van der Waals surface area contributed by atoms with Gasteiger partial charge in [0.1, 0.15) is 0 Å². The maximum Gasteiger partial charge on any atom is 0.235 e. The van der Waals surface area contributed by atoms with E-state index in [2.05, 4.69) is 4.98 Å². The number of carbonyl (C=O) groups excluding carboxylic acids is 2. The van der Waals surface area contributed by atoms with Crippen LogP contribution in [0.4, 0.5) is 17.1 Å². The highest BCUT2D eigenvalue weighted by Gasteiger charge is 2.30. The van der Waals surface area contributed by atoms with Crippen LogP contribution >= 0.6 is 0 Å². The zero-order valence-electron chi connectivity index (χ0n) is 7.93. The number of anilines is 3. The van der Waals surface area contributed by atoms with Crippen LogP contribution < -0.4 is 16.4 Å². The summed E-state index contributed by atoms with van der Waals surface area (Å²) in [4.78, 5) is 27.7. The van der Waals surface area contributed by atoms with Gasteiger partial charge >= 0.3 is 0 Å². The number of nitrogen functional groups attached to an aromatic ring is 2. The molecule has 0 aromatic carbocycles. The Kier molecular flexibility index (Phi) is 2.03. The van der Waals surface area contributed by atoms with Gasteiger partial charge in [-0.3, -0.25) is 14.6 Å². The second-order valence-electron chi connectivity index (χ2n) is 3.36. The molecule has 0 bridgehead atoms. The number of pyridine rings is 1. The molecule has 1 saturated heterocycles. The van der Waals surface area contributed by atoms with Crippen molar-refractivity contribution in [3.05, 3.63) is 12.4 Å². The largest absolute Gasteiger partial charge is 0.396 e. The van der Waals surface area contributed by atoms with Crippen LogP contribution in [0.15, 0.2) is 12.4 Å². The Morgan fingerprint density at radius 3 is 2.60 bits per heavy atom. The van der Waals surface area contributed by atoms with Gasteiger partial charge in [-0.25, -0.2) is 0 Å². The first kappa shape index (κ1) is 9.45. The molecular formula is C9H10N4O2. The SMILES string of the molecule is Nc1cncc(N2CC(=O)CC2=O)c1N. The number of hydrogen-bond donors (Lipinski definition) is 2. The summed E-state index contributed by atoms with van der Waals surface area (Å²) in [6, 6.07) is 0. The summed E-state index contributed by atoms with van der Waals surface area (Å²) < 4.78 is 0. The average molecular weight is 206 g/mol. The quantitative estimate of drug-likeness (QED) is 0.606. The summed E-state index contributed by atoms with van der Waals surface area (Å²) in [5.41, 5.74) is 12.3. The van der Waals surface area contributed by atoms with Gasteiger partial charge < -0.3 is 16.4 Å². The summed E-state index contributed by atoms with van der Waals surface area (Å²) in [7, 11) is 0. The Bertz CT molecular complexity index is 444. The highest BCUT2D eigenvalue weighted by molar-refractivity contribution is 6.16. The van der Waals surface area contributed by atoms with Crippen LogP contribution in [0, 0.1) is 0 Å². The third-order valence-electron chi connectivity index (χ3n) is 2.27. The molecule has 2 rings (SSSR count). The third kappa shape index (κ3) is 1.50. The molecule has 6 nitrogen and oxygen atoms in total. The van der Waals surface area contributed by atoms with E-state index < -0.39 is 0 Å². The minimum Gasteiger partial charge on any atom is -0.396 e. The first-order chi connectivity index (χ1) is 7.09. The van der Waals surface area contributed by atoms with Crippen molar-refractivity contribution >= 4 is 28.8 Å². The van der Waals surface area contributed by atoms with Gasteiger partial charge in [0.2, 0.25) is 5.91 Å². The molecule has 1 fully saturated rings. The van der Waals surface area contributed by atoms with Crippen molar-refractivity contribution in [3.63, 3.8) is 0 Å². The number of amides is 1. The van der Waals surface area contributed by atoms with Crippen molar-refractivity contribution in [1.29, 1.82) is 0 Å². The van der Waals surface area contributed by atoms with Gasteiger partial charge in [0.05, 0.1) is 42.4 Å². The van der Waals surface area contributed by atoms with Crippen LogP contribution in [-0.2, 0) is 9.59 Å². The molecule has 1 aliphatic heterocycles. The normalized spacial score (nSPS) is 16.1. The lowest BCUT2D eigenvalue weighted by molar-refractivity contribution is -0.121. The third-order valence-corrected chi connectivity index (χ3v) is 2.27. The first-order valence-electron chi connectivity index (χ1n) is 4.40. The second kappa shape index (κ2) is 3.23. The van der Waals surface area contributed by atoms with Gasteiger partial charge in [0.15, 0.2) is 5.78 Å². The van der Waals surface area contributed by atoms with Crippen molar-refractivity contribution in [1.82, 2.24) is 4.98 Å². The predicted octanol–water partition coefficient (Wildman–Crippen LogP) is -0.448. The monoisotopic (exact) mass is 206 g/mol. The highest BCUT2D eigenvalue weighted by Crippen LogP contribution is 2.29. The number of ketones is 1. The van der Waals surface area contributed by atoms with Crippen LogP contribution in [0.3, 0.4) is 0 Å². The number of hydrogen-bond acceptors (Lipinski definition) is 5. The van der Waals surface area contributed by atoms with Crippen LogP contribution in [0.1, 0.15) is 6.42 Å². The molecule has 78 valence electrons. The molecule has 0 spiro atoms.